The molecule has 0 aromatic heterocycles. The quantitative estimate of drug-likeness (QED) is 0.840. The highest BCUT2D eigenvalue weighted by Gasteiger charge is 2.26. The van der Waals surface area contributed by atoms with E-state index in [1.807, 2.05) is 12.1 Å². The number of nitrogens with zero attached hydrogens (tertiary/aromatic N) is 1. The lowest BCUT2D eigenvalue weighted by Crippen LogP contribution is -2.43. The topological polar surface area (TPSA) is 58.6 Å². The highest BCUT2D eigenvalue weighted by Crippen LogP contribution is 2.34. The maximum atomic E-state index is 12.4. The molecule has 0 atom stereocenters. The Hall–Kier alpha value is -2.61. The molecule has 0 unspecified atom stereocenters. The number of benzene rings is 2. The second-order valence-corrected chi connectivity index (χ2v) is 6.52. The number of para-hydroxylation sites is 2. The van der Waals surface area contributed by atoms with E-state index in [1.165, 1.54) is 22.7 Å². The van der Waals surface area contributed by atoms with Crippen LogP contribution >= 0.6 is 11.8 Å². The Morgan fingerprint density at radius 2 is 1.92 bits per heavy atom. The van der Waals surface area contributed by atoms with Gasteiger partial charge in [-0.1, -0.05) is 30.3 Å². The number of alkyl halides is 2. The molecule has 0 spiro atoms. The van der Waals surface area contributed by atoms with Crippen LogP contribution in [0.5, 0.6) is 5.75 Å². The minimum Gasteiger partial charge on any atom is -0.434 e. The maximum absolute atomic E-state index is 12.4. The van der Waals surface area contributed by atoms with E-state index in [4.69, 9.17) is 0 Å². The van der Waals surface area contributed by atoms with Crippen LogP contribution in [0.2, 0.25) is 0 Å². The molecule has 136 valence electrons. The fraction of sp³-hybridized carbons (Fsp3) is 0.222. The Morgan fingerprint density at radius 1 is 1.19 bits per heavy atom. The first-order chi connectivity index (χ1) is 12.5. The van der Waals surface area contributed by atoms with Crippen molar-refractivity contribution in [1.29, 1.82) is 0 Å². The predicted octanol–water partition coefficient (Wildman–Crippen LogP) is 3.04. The number of fused-ring (bicyclic) bond motifs is 1. The van der Waals surface area contributed by atoms with Crippen LogP contribution in [0.25, 0.3) is 0 Å². The first-order valence-electron chi connectivity index (χ1n) is 7.86. The molecule has 0 fully saturated rings. The van der Waals surface area contributed by atoms with Crippen LogP contribution in [0, 0.1) is 0 Å². The first kappa shape index (κ1) is 18.2. The number of amides is 2. The molecule has 1 aliphatic rings. The van der Waals surface area contributed by atoms with Gasteiger partial charge in [0.15, 0.2) is 0 Å². The van der Waals surface area contributed by atoms with Crippen LogP contribution in [0.15, 0.2) is 53.4 Å². The normalized spacial score (nSPS) is 13.5. The molecule has 0 bridgehead atoms. The van der Waals surface area contributed by atoms with Crippen LogP contribution in [0.4, 0.5) is 14.5 Å². The average Bonchev–Trinajstić information content (AvgIpc) is 2.63. The Labute approximate surface area is 153 Å². The number of thioether (sulfide) groups is 1. The first-order valence-corrected chi connectivity index (χ1v) is 8.85. The van der Waals surface area contributed by atoms with E-state index in [2.05, 4.69) is 10.1 Å². The Morgan fingerprint density at radius 3 is 2.73 bits per heavy atom. The van der Waals surface area contributed by atoms with Crippen molar-refractivity contribution in [2.45, 2.75) is 18.1 Å². The summed E-state index contributed by atoms with van der Waals surface area (Å²) in [6.07, 6.45) is 0. The molecule has 0 aliphatic carbocycles. The van der Waals surface area contributed by atoms with Crippen molar-refractivity contribution < 1.29 is 23.1 Å². The minimum absolute atomic E-state index is 0.0126. The number of carbonyl (C=O) groups is 2. The van der Waals surface area contributed by atoms with Gasteiger partial charge in [0.05, 0.1) is 11.4 Å². The molecule has 3 rings (SSSR count). The third-order valence-corrected chi connectivity index (χ3v) is 4.82. The van der Waals surface area contributed by atoms with Crippen molar-refractivity contribution >= 4 is 29.3 Å². The Balaban J connectivity index is 1.64. The van der Waals surface area contributed by atoms with Gasteiger partial charge in [0, 0.05) is 17.0 Å². The number of hydrogen-bond donors (Lipinski definition) is 1. The highest BCUT2D eigenvalue weighted by molar-refractivity contribution is 8.00. The molecule has 1 aliphatic heterocycles. The summed E-state index contributed by atoms with van der Waals surface area (Å²) in [6.45, 7) is -3.04. The molecule has 5 nitrogen and oxygen atoms in total. The van der Waals surface area contributed by atoms with E-state index in [9.17, 15) is 18.4 Å². The SMILES string of the molecule is O=C(CN1C(=O)CSc2ccccc21)NCc1ccccc1OC(F)F. The van der Waals surface area contributed by atoms with E-state index >= 15 is 0 Å². The summed E-state index contributed by atoms with van der Waals surface area (Å²) in [7, 11) is 0. The number of carbonyl (C=O) groups excluding carboxylic acids is 2. The molecule has 2 aromatic carbocycles. The van der Waals surface area contributed by atoms with E-state index in [-0.39, 0.29) is 36.4 Å². The third-order valence-electron chi connectivity index (χ3n) is 3.77. The van der Waals surface area contributed by atoms with Gasteiger partial charge < -0.3 is 15.0 Å². The fourth-order valence-electron chi connectivity index (χ4n) is 2.58. The van der Waals surface area contributed by atoms with Gasteiger partial charge in [0.1, 0.15) is 12.3 Å². The smallest absolute Gasteiger partial charge is 0.387 e. The standard InChI is InChI=1S/C18H16F2N2O3S/c19-18(20)25-14-7-3-1-5-12(14)9-21-16(23)10-22-13-6-2-4-8-15(13)26-11-17(22)24/h1-8,18H,9-11H2,(H,21,23). The van der Waals surface area contributed by atoms with Gasteiger partial charge in [-0.2, -0.15) is 8.78 Å². The van der Waals surface area contributed by atoms with E-state index in [0.29, 0.717) is 11.3 Å². The number of halogens is 2. The minimum atomic E-state index is -2.94. The second kappa shape index (κ2) is 8.18. The summed E-state index contributed by atoms with van der Waals surface area (Å²) in [4.78, 5) is 26.8. The van der Waals surface area contributed by atoms with Crippen molar-refractivity contribution in [3.8, 4) is 5.75 Å². The summed E-state index contributed by atoms with van der Waals surface area (Å²) in [5.41, 5.74) is 1.13. The van der Waals surface area contributed by atoms with Crippen molar-refractivity contribution in [3.63, 3.8) is 0 Å². The summed E-state index contributed by atoms with van der Waals surface area (Å²) in [6, 6.07) is 13.6. The van der Waals surface area contributed by atoms with E-state index < -0.39 is 6.61 Å². The molecule has 2 amide bonds. The van der Waals surface area contributed by atoms with Crippen LogP contribution < -0.4 is 15.0 Å². The molecule has 1 N–H and O–H groups in total. The lowest BCUT2D eigenvalue weighted by atomic mass is 10.2. The molecule has 26 heavy (non-hydrogen) atoms. The van der Waals surface area contributed by atoms with Crippen LogP contribution in [0.1, 0.15) is 5.56 Å². The zero-order valence-corrected chi connectivity index (χ0v) is 14.5. The zero-order valence-electron chi connectivity index (χ0n) is 13.7. The van der Waals surface area contributed by atoms with Gasteiger partial charge in [-0.15, -0.1) is 11.8 Å². The summed E-state index contributed by atoms with van der Waals surface area (Å²) in [5, 5.41) is 2.65. The number of ether oxygens (including phenoxy) is 1. The Kier molecular flexibility index (Phi) is 5.72. The largest absolute Gasteiger partial charge is 0.434 e. The van der Waals surface area contributed by atoms with Crippen LogP contribution in [0.3, 0.4) is 0 Å². The fourth-order valence-corrected chi connectivity index (χ4v) is 3.52. The Bertz CT molecular complexity index is 817. The highest BCUT2D eigenvalue weighted by atomic mass is 32.2. The van der Waals surface area contributed by atoms with Gasteiger partial charge in [-0.25, -0.2) is 0 Å². The molecule has 0 saturated carbocycles. The van der Waals surface area contributed by atoms with E-state index in [0.717, 1.165) is 4.90 Å². The van der Waals surface area contributed by atoms with Gasteiger partial charge in [-0.05, 0) is 18.2 Å². The van der Waals surface area contributed by atoms with E-state index in [1.54, 1.807) is 30.3 Å². The molecular formula is C18H16F2N2O3S. The monoisotopic (exact) mass is 378 g/mol. The summed E-state index contributed by atoms with van der Waals surface area (Å²) < 4.78 is 29.3. The molecule has 0 radical (unpaired) electrons. The molecule has 0 saturated heterocycles. The third kappa shape index (κ3) is 4.32. The summed E-state index contributed by atoms with van der Waals surface area (Å²) in [5.74, 6) is -0.245. The average molecular weight is 378 g/mol. The number of anilines is 1. The number of nitrogens with one attached hydrogen (secondary N) is 1. The molecule has 1 heterocycles. The maximum Gasteiger partial charge on any atom is 0.387 e. The second-order valence-electron chi connectivity index (χ2n) is 5.50. The molecule has 8 heteroatoms. The number of rotatable bonds is 6. The number of hydrogen-bond acceptors (Lipinski definition) is 4. The summed E-state index contributed by atoms with van der Waals surface area (Å²) >= 11 is 1.44. The zero-order chi connectivity index (χ0) is 18.5. The molecular weight excluding hydrogens is 362 g/mol. The lowest BCUT2D eigenvalue weighted by molar-refractivity contribution is -0.123. The van der Waals surface area contributed by atoms with Crippen molar-refractivity contribution in [2.75, 3.05) is 17.2 Å². The molecule has 2 aromatic rings. The van der Waals surface area contributed by atoms with Crippen molar-refractivity contribution in [1.82, 2.24) is 5.32 Å². The van der Waals surface area contributed by atoms with Crippen LogP contribution in [-0.4, -0.2) is 30.7 Å². The van der Waals surface area contributed by atoms with Crippen molar-refractivity contribution in [2.24, 2.45) is 0 Å². The van der Waals surface area contributed by atoms with Crippen LogP contribution in [-0.2, 0) is 16.1 Å². The van der Waals surface area contributed by atoms with Crippen molar-refractivity contribution in [3.05, 3.63) is 54.1 Å². The van der Waals surface area contributed by atoms with Gasteiger partial charge in [-0.3, -0.25) is 9.59 Å². The predicted molar refractivity (Wildman–Crippen MR) is 94.4 cm³/mol. The van der Waals surface area contributed by atoms with Gasteiger partial charge >= 0.3 is 6.61 Å². The van der Waals surface area contributed by atoms with Gasteiger partial charge in [0.2, 0.25) is 11.8 Å². The lowest BCUT2D eigenvalue weighted by Gasteiger charge is -2.28. The van der Waals surface area contributed by atoms with Gasteiger partial charge in [0.25, 0.3) is 0 Å².